The van der Waals surface area contributed by atoms with Crippen molar-refractivity contribution in [2.45, 2.75) is 17.9 Å². The second-order valence-electron chi connectivity index (χ2n) is 5.42. The van der Waals surface area contributed by atoms with Crippen LogP contribution < -0.4 is 10.1 Å². The molecule has 6 heteroatoms. The number of aromatic nitrogens is 1. The van der Waals surface area contributed by atoms with Gasteiger partial charge in [-0.25, -0.2) is 4.79 Å². The topological polar surface area (TPSA) is 57.4 Å². The molecule has 0 radical (unpaired) electrons. The van der Waals surface area contributed by atoms with Crippen LogP contribution in [0.1, 0.15) is 11.3 Å². The summed E-state index contributed by atoms with van der Waals surface area (Å²) in [5.74, 6) is 1.74. The summed E-state index contributed by atoms with van der Waals surface area (Å²) in [6.07, 6.45) is 2.71. The Balaban J connectivity index is 1.59. The smallest absolute Gasteiger partial charge is 0.317 e. The van der Waals surface area contributed by atoms with Crippen LogP contribution in [0.25, 0.3) is 0 Å². The number of thioether (sulfide) groups is 1. The van der Waals surface area contributed by atoms with Crippen LogP contribution in [0.5, 0.6) is 5.75 Å². The quantitative estimate of drug-likeness (QED) is 0.906. The number of carbonyl (C=O) groups is 1. The standard InChI is InChI=1S/C17H21N3O2S/c1-22-15-4-5-16-13(11-15)12-20(9-10-23-16)17(21)19-8-6-14-3-2-7-18-14/h2-5,7,11,18H,6,8-10,12H2,1H3,(H,19,21). The number of nitrogens with zero attached hydrogens (tertiary/aromatic N) is 1. The third kappa shape index (κ3) is 4.01. The van der Waals surface area contributed by atoms with Gasteiger partial charge in [0.15, 0.2) is 0 Å². The van der Waals surface area contributed by atoms with Gasteiger partial charge in [0.25, 0.3) is 0 Å². The van der Waals surface area contributed by atoms with E-state index in [0.717, 1.165) is 35.7 Å². The first-order valence-electron chi connectivity index (χ1n) is 7.71. The Bertz CT molecular complexity index is 658. The number of amides is 2. The molecule has 1 aromatic heterocycles. The average Bonchev–Trinajstić information content (AvgIpc) is 2.99. The fourth-order valence-electron chi connectivity index (χ4n) is 2.61. The number of aromatic amines is 1. The molecule has 3 rings (SSSR count). The van der Waals surface area contributed by atoms with Gasteiger partial charge >= 0.3 is 6.03 Å². The zero-order valence-corrected chi connectivity index (χ0v) is 14.0. The molecule has 0 spiro atoms. The van der Waals surface area contributed by atoms with E-state index in [9.17, 15) is 4.79 Å². The summed E-state index contributed by atoms with van der Waals surface area (Å²) >= 11 is 1.79. The van der Waals surface area contributed by atoms with E-state index >= 15 is 0 Å². The Morgan fingerprint density at radius 2 is 2.35 bits per heavy atom. The monoisotopic (exact) mass is 331 g/mol. The van der Waals surface area contributed by atoms with Crippen LogP contribution >= 0.6 is 11.8 Å². The highest BCUT2D eigenvalue weighted by atomic mass is 32.2. The van der Waals surface area contributed by atoms with Gasteiger partial charge in [-0.3, -0.25) is 0 Å². The van der Waals surface area contributed by atoms with Crippen LogP contribution in [0, 0.1) is 0 Å². The first-order valence-corrected chi connectivity index (χ1v) is 8.69. The van der Waals surface area contributed by atoms with Gasteiger partial charge in [0.05, 0.1) is 7.11 Å². The highest BCUT2D eigenvalue weighted by Crippen LogP contribution is 2.30. The Morgan fingerprint density at radius 3 is 3.13 bits per heavy atom. The third-order valence-electron chi connectivity index (χ3n) is 3.87. The van der Waals surface area contributed by atoms with Crippen molar-refractivity contribution in [3.8, 4) is 5.75 Å². The maximum absolute atomic E-state index is 12.4. The van der Waals surface area contributed by atoms with Gasteiger partial charge in [-0.15, -0.1) is 11.8 Å². The van der Waals surface area contributed by atoms with Gasteiger partial charge in [0.1, 0.15) is 5.75 Å². The second-order valence-corrected chi connectivity index (χ2v) is 6.56. The van der Waals surface area contributed by atoms with E-state index in [1.807, 2.05) is 35.4 Å². The van der Waals surface area contributed by atoms with Gasteiger partial charge in [0, 0.05) is 48.6 Å². The van der Waals surface area contributed by atoms with Crippen LogP contribution in [0.3, 0.4) is 0 Å². The molecule has 2 aromatic rings. The van der Waals surface area contributed by atoms with Crippen LogP contribution in [-0.4, -0.2) is 41.9 Å². The van der Waals surface area contributed by atoms with E-state index < -0.39 is 0 Å². The first-order chi connectivity index (χ1) is 11.3. The van der Waals surface area contributed by atoms with Crippen LogP contribution in [0.15, 0.2) is 41.4 Å². The van der Waals surface area contributed by atoms with Gasteiger partial charge in [0.2, 0.25) is 0 Å². The van der Waals surface area contributed by atoms with Crippen molar-refractivity contribution in [3.05, 3.63) is 47.8 Å². The number of nitrogens with one attached hydrogen (secondary N) is 2. The zero-order chi connectivity index (χ0) is 16.1. The van der Waals surface area contributed by atoms with Gasteiger partial charge in [-0.1, -0.05) is 0 Å². The first kappa shape index (κ1) is 15.8. The lowest BCUT2D eigenvalue weighted by Crippen LogP contribution is -2.41. The van der Waals surface area contributed by atoms with Crippen molar-refractivity contribution in [1.29, 1.82) is 0 Å². The second kappa shape index (κ2) is 7.46. The lowest BCUT2D eigenvalue weighted by molar-refractivity contribution is 0.199. The number of benzene rings is 1. The van der Waals surface area contributed by atoms with Crippen LogP contribution in [0.2, 0.25) is 0 Å². The predicted octanol–water partition coefficient (Wildman–Crippen LogP) is 2.88. The Hall–Kier alpha value is -2.08. The summed E-state index contributed by atoms with van der Waals surface area (Å²) in [6.45, 7) is 2.00. The van der Waals surface area contributed by atoms with E-state index in [4.69, 9.17) is 4.74 Å². The van der Waals surface area contributed by atoms with E-state index in [-0.39, 0.29) is 6.03 Å². The predicted molar refractivity (Wildman–Crippen MR) is 92.0 cm³/mol. The molecule has 2 N–H and O–H groups in total. The minimum absolute atomic E-state index is 0.00664. The van der Waals surface area contributed by atoms with E-state index in [1.165, 1.54) is 4.90 Å². The number of rotatable bonds is 4. The van der Waals surface area contributed by atoms with Gasteiger partial charge in [-0.2, -0.15) is 0 Å². The van der Waals surface area contributed by atoms with Crippen molar-refractivity contribution < 1.29 is 9.53 Å². The lowest BCUT2D eigenvalue weighted by atomic mass is 10.2. The summed E-state index contributed by atoms with van der Waals surface area (Å²) in [6, 6.07) is 10.0. The molecule has 2 heterocycles. The number of hydrogen-bond donors (Lipinski definition) is 2. The molecule has 0 aliphatic carbocycles. The molecule has 0 saturated heterocycles. The molecule has 122 valence electrons. The Labute approximate surface area is 140 Å². The molecule has 5 nitrogen and oxygen atoms in total. The fourth-order valence-corrected chi connectivity index (χ4v) is 3.61. The minimum atomic E-state index is -0.00664. The maximum atomic E-state index is 12.4. The summed E-state index contributed by atoms with van der Waals surface area (Å²) in [5.41, 5.74) is 2.28. The largest absolute Gasteiger partial charge is 0.497 e. The average molecular weight is 331 g/mol. The third-order valence-corrected chi connectivity index (χ3v) is 4.96. The molecule has 23 heavy (non-hydrogen) atoms. The highest BCUT2D eigenvalue weighted by molar-refractivity contribution is 7.99. The Kier molecular flexibility index (Phi) is 5.12. The summed E-state index contributed by atoms with van der Waals surface area (Å²) < 4.78 is 5.29. The van der Waals surface area contributed by atoms with Crippen molar-refractivity contribution in [2.24, 2.45) is 0 Å². The van der Waals surface area contributed by atoms with E-state index in [1.54, 1.807) is 18.9 Å². The molecule has 1 aliphatic rings. The molecule has 0 unspecified atom stereocenters. The highest BCUT2D eigenvalue weighted by Gasteiger charge is 2.19. The zero-order valence-electron chi connectivity index (χ0n) is 13.2. The molecule has 0 bridgehead atoms. The normalized spacial score (nSPS) is 14.0. The molecular formula is C17H21N3O2S. The van der Waals surface area contributed by atoms with Crippen LogP contribution in [0.4, 0.5) is 4.79 Å². The number of H-pyrrole nitrogens is 1. The number of ether oxygens (including phenoxy) is 1. The molecule has 0 atom stereocenters. The maximum Gasteiger partial charge on any atom is 0.317 e. The Morgan fingerprint density at radius 1 is 1.43 bits per heavy atom. The molecule has 1 aliphatic heterocycles. The molecule has 0 fully saturated rings. The molecule has 0 saturated carbocycles. The summed E-state index contributed by atoms with van der Waals surface area (Å²) in [5, 5.41) is 3.00. The molecule has 2 amide bonds. The number of carbonyl (C=O) groups excluding carboxylic acids is 1. The fraction of sp³-hybridized carbons (Fsp3) is 0.353. The number of urea groups is 1. The van der Waals surface area contributed by atoms with Crippen molar-refractivity contribution in [3.63, 3.8) is 0 Å². The van der Waals surface area contributed by atoms with Gasteiger partial charge < -0.3 is 19.9 Å². The van der Waals surface area contributed by atoms with Crippen molar-refractivity contribution in [1.82, 2.24) is 15.2 Å². The van der Waals surface area contributed by atoms with E-state index in [0.29, 0.717) is 13.1 Å². The summed E-state index contributed by atoms with van der Waals surface area (Å²) in [4.78, 5) is 18.6. The van der Waals surface area contributed by atoms with Crippen molar-refractivity contribution >= 4 is 17.8 Å². The van der Waals surface area contributed by atoms with Gasteiger partial charge in [-0.05, 0) is 35.9 Å². The van der Waals surface area contributed by atoms with E-state index in [2.05, 4.69) is 16.4 Å². The summed E-state index contributed by atoms with van der Waals surface area (Å²) in [7, 11) is 1.66. The minimum Gasteiger partial charge on any atom is -0.497 e. The number of methoxy groups -OCH3 is 1. The van der Waals surface area contributed by atoms with Crippen LogP contribution in [-0.2, 0) is 13.0 Å². The number of hydrogen-bond acceptors (Lipinski definition) is 3. The molecule has 1 aromatic carbocycles. The molecular weight excluding hydrogens is 310 g/mol. The SMILES string of the molecule is COc1ccc2c(c1)CN(C(=O)NCCc1ccc[nH]1)CCS2. The lowest BCUT2D eigenvalue weighted by Gasteiger charge is -2.21. The van der Waals surface area contributed by atoms with Crippen molar-refractivity contribution in [2.75, 3.05) is 26.0 Å². The number of fused-ring (bicyclic) bond motifs is 1.